The zero-order valence-electron chi connectivity index (χ0n) is 13.4. The fourth-order valence-corrected chi connectivity index (χ4v) is 2.39. The van der Waals surface area contributed by atoms with Crippen molar-refractivity contribution >= 4 is 41.1 Å². The predicted octanol–water partition coefficient (Wildman–Crippen LogP) is 1.23. The Morgan fingerprint density at radius 2 is 2.12 bits per heavy atom. The van der Waals surface area contributed by atoms with Crippen molar-refractivity contribution in [2.45, 2.75) is 0 Å². The van der Waals surface area contributed by atoms with Crippen LogP contribution in [0.4, 0.5) is 11.4 Å². The zero-order chi connectivity index (χ0) is 18.5. The number of ether oxygens (including phenoxy) is 1. The van der Waals surface area contributed by atoms with Gasteiger partial charge in [-0.2, -0.15) is 5.10 Å². The first-order valence-corrected chi connectivity index (χ1v) is 7.86. The molecule has 1 aliphatic rings. The van der Waals surface area contributed by atoms with Gasteiger partial charge in [-0.1, -0.05) is 17.7 Å². The molecule has 1 heterocycles. The molecule has 0 fully saturated rings. The van der Waals surface area contributed by atoms with E-state index in [1.165, 1.54) is 12.1 Å². The molecule has 3 rings (SSSR count). The molecule has 2 aromatic rings. The van der Waals surface area contributed by atoms with Crippen molar-refractivity contribution in [3.05, 3.63) is 53.1 Å². The summed E-state index contributed by atoms with van der Waals surface area (Å²) in [5, 5.41) is 8.37. The van der Waals surface area contributed by atoms with Crippen LogP contribution < -0.4 is 31.9 Å². The van der Waals surface area contributed by atoms with Crippen LogP contribution in [0, 0.1) is 0 Å². The molecule has 0 aliphatic carbocycles. The number of hydrogen-bond acceptors (Lipinski definition) is 7. The Morgan fingerprint density at radius 1 is 1.27 bits per heavy atom. The van der Waals surface area contributed by atoms with Gasteiger partial charge in [0, 0.05) is 11.1 Å². The van der Waals surface area contributed by atoms with Crippen LogP contribution in [0.2, 0.25) is 5.02 Å². The Morgan fingerprint density at radius 3 is 2.85 bits per heavy atom. The highest BCUT2D eigenvalue weighted by Gasteiger charge is 2.13. The number of benzene rings is 2. The van der Waals surface area contributed by atoms with Gasteiger partial charge in [0.15, 0.2) is 6.61 Å². The summed E-state index contributed by atoms with van der Waals surface area (Å²) in [6.45, 7) is -0.246. The normalized spacial score (nSPS) is 12.6. The maximum Gasteiger partial charge on any atom is 0.262 e. The van der Waals surface area contributed by atoms with E-state index in [0.717, 1.165) is 5.69 Å². The summed E-state index contributed by atoms with van der Waals surface area (Å²) < 4.78 is 5.49. The van der Waals surface area contributed by atoms with Gasteiger partial charge in [-0.15, -0.1) is 5.53 Å². The van der Waals surface area contributed by atoms with E-state index in [9.17, 15) is 9.59 Å². The number of amides is 2. The first kappa shape index (κ1) is 17.5. The van der Waals surface area contributed by atoms with Gasteiger partial charge in [-0.3, -0.25) is 9.59 Å². The van der Waals surface area contributed by atoms with Gasteiger partial charge < -0.3 is 15.8 Å². The van der Waals surface area contributed by atoms with Crippen LogP contribution in [0.25, 0.3) is 0 Å². The highest BCUT2D eigenvalue weighted by Crippen LogP contribution is 2.21. The summed E-state index contributed by atoms with van der Waals surface area (Å²) in [5.41, 5.74) is 11.8. The van der Waals surface area contributed by atoms with Gasteiger partial charge in [0.1, 0.15) is 12.1 Å². The van der Waals surface area contributed by atoms with Crippen molar-refractivity contribution in [3.8, 4) is 5.75 Å². The van der Waals surface area contributed by atoms with Crippen LogP contribution in [0.5, 0.6) is 5.75 Å². The van der Waals surface area contributed by atoms with E-state index >= 15 is 0 Å². The van der Waals surface area contributed by atoms with Crippen molar-refractivity contribution in [1.29, 1.82) is 0 Å². The number of rotatable bonds is 6. The van der Waals surface area contributed by atoms with E-state index in [0.29, 0.717) is 10.8 Å². The minimum absolute atomic E-state index is 0.125. The third kappa shape index (κ3) is 4.21. The van der Waals surface area contributed by atoms with Gasteiger partial charge in [-0.25, -0.2) is 10.5 Å². The summed E-state index contributed by atoms with van der Waals surface area (Å²) in [6.07, 6.45) is 1.55. The number of anilines is 2. The lowest BCUT2D eigenvalue weighted by molar-refractivity contribution is -0.118. The van der Waals surface area contributed by atoms with Gasteiger partial charge in [0.05, 0.1) is 16.9 Å². The second-order valence-electron chi connectivity index (χ2n) is 5.23. The third-order valence-electron chi connectivity index (χ3n) is 3.40. The standard InChI is InChI=1S/C16H15ClN6O3/c17-10-4-5-14(13(6-10)16(18)25)20-15(24)8-26-12-3-1-2-11(7-12)23-9-19-21-22-23/h1-7,9,21-22H,8H2,(H2,18,25)(H,20,24). The summed E-state index contributed by atoms with van der Waals surface area (Å²) in [7, 11) is 0. The summed E-state index contributed by atoms with van der Waals surface area (Å²) in [4.78, 5) is 23.6. The molecule has 0 saturated heterocycles. The summed E-state index contributed by atoms with van der Waals surface area (Å²) in [5.74, 6) is -0.640. The quantitative estimate of drug-likeness (QED) is 0.603. The summed E-state index contributed by atoms with van der Waals surface area (Å²) in [6, 6.07) is 11.5. The topological polar surface area (TPSA) is 121 Å². The number of hydrazone groups is 1. The van der Waals surface area contributed by atoms with Crippen LogP contribution in [-0.4, -0.2) is 24.8 Å². The van der Waals surface area contributed by atoms with E-state index in [-0.39, 0.29) is 17.9 Å². The number of carbonyl (C=O) groups is 2. The first-order valence-electron chi connectivity index (χ1n) is 7.48. The average Bonchev–Trinajstić information content (AvgIpc) is 3.16. The number of nitrogens with one attached hydrogen (secondary N) is 3. The molecule has 134 valence electrons. The molecule has 2 aromatic carbocycles. The first-order chi connectivity index (χ1) is 12.5. The number of hydrogen-bond donors (Lipinski definition) is 4. The Hall–Kier alpha value is -3.30. The molecule has 26 heavy (non-hydrogen) atoms. The Bertz CT molecular complexity index is 873. The van der Waals surface area contributed by atoms with Crippen LogP contribution in [0.3, 0.4) is 0 Å². The van der Waals surface area contributed by atoms with Crippen molar-refractivity contribution in [2.75, 3.05) is 16.9 Å². The van der Waals surface area contributed by atoms with E-state index in [1.54, 1.807) is 35.6 Å². The molecule has 5 N–H and O–H groups in total. The van der Waals surface area contributed by atoms with E-state index < -0.39 is 11.8 Å². The molecule has 0 atom stereocenters. The van der Waals surface area contributed by atoms with Crippen LogP contribution >= 0.6 is 11.6 Å². The van der Waals surface area contributed by atoms with Crippen LogP contribution in [0.1, 0.15) is 10.4 Å². The molecule has 10 heteroatoms. The molecule has 0 spiro atoms. The van der Waals surface area contributed by atoms with Crippen molar-refractivity contribution in [3.63, 3.8) is 0 Å². The minimum Gasteiger partial charge on any atom is -0.484 e. The Balaban J connectivity index is 1.62. The molecule has 9 nitrogen and oxygen atoms in total. The smallest absolute Gasteiger partial charge is 0.262 e. The highest BCUT2D eigenvalue weighted by molar-refractivity contribution is 6.31. The predicted molar refractivity (Wildman–Crippen MR) is 97.8 cm³/mol. The van der Waals surface area contributed by atoms with Crippen LogP contribution in [0.15, 0.2) is 47.6 Å². The molecular formula is C16H15ClN6O3. The van der Waals surface area contributed by atoms with Gasteiger partial charge in [0.25, 0.3) is 11.8 Å². The number of carbonyl (C=O) groups excluding carboxylic acids is 2. The molecule has 0 bridgehead atoms. The molecule has 0 radical (unpaired) electrons. The fraction of sp³-hybridized carbons (Fsp3) is 0.0625. The fourth-order valence-electron chi connectivity index (χ4n) is 2.22. The number of nitrogens with zero attached hydrogens (tertiary/aromatic N) is 2. The molecule has 2 amide bonds. The Labute approximate surface area is 153 Å². The van der Waals surface area contributed by atoms with Gasteiger partial charge in [0.2, 0.25) is 0 Å². The van der Waals surface area contributed by atoms with Crippen molar-refractivity contribution < 1.29 is 14.3 Å². The second-order valence-corrected chi connectivity index (χ2v) is 5.66. The van der Waals surface area contributed by atoms with E-state index in [1.807, 2.05) is 6.07 Å². The minimum atomic E-state index is -0.690. The number of halogens is 1. The maximum atomic E-state index is 12.1. The van der Waals surface area contributed by atoms with E-state index in [4.69, 9.17) is 22.1 Å². The summed E-state index contributed by atoms with van der Waals surface area (Å²) >= 11 is 5.84. The average molecular weight is 375 g/mol. The van der Waals surface area contributed by atoms with Gasteiger partial charge >= 0.3 is 0 Å². The van der Waals surface area contributed by atoms with Gasteiger partial charge in [-0.05, 0) is 30.3 Å². The lowest BCUT2D eigenvalue weighted by Gasteiger charge is -2.15. The largest absolute Gasteiger partial charge is 0.484 e. The third-order valence-corrected chi connectivity index (χ3v) is 3.63. The lowest BCUT2D eigenvalue weighted by atomic mass is 10.1. The zero-order valence-corrected chi connectivity index (χ0v) is 14.2. The number of hydrazine groups is 2. The number of nitrogens with two attached hydrogens (primary N) is 1. The Kier molecular flexibility index (Phi) is 5.20. The number of primary amides is 1. The maximum absolute atomic E-state index is 12.1. The molecule has 0 unspecified atom stereocenters. The lowest BCUT2D eigenvalue weighted by Crippen LogP contribution is -2.37. The SMILES string of the molecule is NC(=O)c1cc(Cl)ccc1NC(=O)COc1cccc(N2C=NNN2)c1. The van der Waals surface area contributed by atoms with Crippen molar-refractivity contribution in [2.24, 2.45) is 10.8 Å². The highest BCUT2D eigenvalue weighted by atomic mass is 35.5. The molecule has 0 aromatic heterocycles. The van der Waals surface area contributed by atoms with E-state index in [2.05, 4.69) is 21.5 Å². The molecule has 0 saturated carbocycles. The van der Waals surface area contributed by atoms with Crippen molar-refractivity contribution in [1.82, 2.24) is 11.1 Å². The van der Waals surface area contributed by atoms with Crippen LogP contribution in [-0.2, 0) is 4.79 Å². The second kappa shape index (κ2) is 7.72. The molecular weight excluding hydrogens is 360 g/mol. The molecule has 1 aliphatic heterocycles. The monoisotopic (exact) mass is 374 g/mol.